The highest BCUT2D eigenvalue weighted by Gasteiger charge is 2.14. The molecule has 3 aromatic rings. The Hall–Kier alpha value is -2.68. The molecule has 0 saturated heterocycles. The van der Waals surface area contributed by atoms with Crippen LogP contribution >= 0.6 is 0 Å². The van der Waals surface area contributed by atoms with E-state index in [1.807, 2.05) is 54.6 Å². The average molecular weight is 249 g/mol. The number of nitrogens with zero attached hydrogens (tertiary/aromatic N) is 1. The van der Waals surface area contributed by atoms with Crippen LogP contribution in [0.1, 0.15) is 0 Å². The molecule has 0 amide bonds. The molecule has 0 bridgehead atoms. The number of non-ortho nitro benzene ring substituents is 1. The van der Waals surface area contributed by atoms with Crippen molar-refractivity contribution in [1.82, 2.24) is 0 Å². The van der Waals surface area contributed by atoms with Crippen LogP contribution in [0.15, 0.2) is 66.7 Å². The van der Waals surface area contributed by atoms with E-state index in [0.717, 1.165) is 16.5 Å². The molecule has 0 fully saturated rings. The molecule has 3 aromatic carbocycles. The molecule has 0 radical (unpaired) electrons. The molecule has 0 aliphatic rings. The maximum absolute atomic E-state index is 11.1. The molecule has 19 heavy (non-hydrogen) atoms. The Morgan fingerprint density at radius 1 is 0.737 bits per heavy atom. The van der Waals surface area contributed by atoms with Crippen molar-refractivity contribution in [1.29, 1.82) is 0 Å². The number of fused-ring (bicyclic) bond motifs is 1. The number of nitro benzene ring substituents is 1. The summed E-state index contributed by atoms with van der Waals surface area (Å²) in [6.45, 7) is 0. The normalized spacial score (nSPS) is 10.5. The van der Waals surface area contributed by atoms with Crippen molar-refractivity contribution in [3.05, 3.63) is 76.8 Å². The van der Waals surface area contributed by atoms with E-state index >= 15 is 0 Å². The molecule has 0 aliphatic heterocycles. The lowest BCUT2D eigenvalue weighted by molar-refractivity contribution is -0.383. The second-order valence-corrected chi connectivity index (χ2v) is 4.30. The summed E-state index contributed by atoms with van der Waals surface area (Å²) >= 11 is 0. The molecule has 0 N–H and O–H groups in total. The van der Waals surface area contributed by atoms with E-state index in [1.165, 1.54) is 0 Å². The van der Waals surface area contributed by atoms with E-state index in [2.05, 4.69) is 0 Å². The van der Waals surface area contributed by atoms with Crippen LogP contribution in [-0.4, -0.2) is 4.92 Å². The average Bonchev–Trinajstić information content (AvgIpc) is 2.47. The zero-order valence-corrected chi connectivity index (χ0v) is 10.1. The molecule has 0 atom stereocenters. The molecule has 3 nitrogen and oxygen atoms in total. The SMILES string of the molecule is O=[N+]([O-])c1ccc(-c2ccccc2)c2ccccc12. The van der Waals surface area contributed by atoms with E-state index in [1.54, 1.807) is 12.1 Å². The number of benzene rings is 3. The largest absolute Gasteiger partial charge is 0.277 e. The van der Waals surface area contributed by atoms with Crippen molar-refractivity contribution in [2.75, 3.05) is 0 Å². The van der Waals surface area contributed by atoms with Crippen molar-refractivity contribution in [2.24, 2.45) is 0 Å². The van der Waals surface area contributed by atoms with Crippen LogP contribution in [0.5, 0.6) is 0 Å². The predicted molar refractivity (Wildman–Crippen MR) is 76.0 cm³/mol. The molecule has 3 heteroatoms. The van der Waals surface area contributed by atoms with Gasteiger partial charge < -0.3 is 0 Å². The van der Waals surface area contributed by atoms with E-state index < -0.39 is 0 Å². The van der Waals surface area contributed by atoms with Crippen LogP contribution in [0, 0.1) is 10.1 Å². The number of hydrogen-bond donors (Lipinski definition) is 0. The molecule has 0 saturated carbocycles. The van der Waals surface area contributed by atoms with Gasteiger partial charge in [-0.2, -0.15) is 0 Å². The summed E-state index contributed by atoms with van der Waals surface area (Å²) in [5.74, 6) is 0. The highest BCUT2D eigenvalue weighted by atomic mass is 16.6. The zero-order chi connectivity index (χ0) is 13.2. The van der Waals surface area contributed by atoms with E-state index in [0.29, 0.717) is 5.39 Å². The van der Waals surface area contributed by atoms with Crippen molar-refractivity contribution < 1.29 is 4.92 Å². The number of rotatable bonds is 2. The maximum atomic E-state index is 11.1. The smallest absolute Gasteiger partial charge is 0.258 e. The molecular weight excluding hydrogens is 238 g/mol. The molecule has 0 aliphatic carbocycles. The third-order valence-corrected chi connectivity index (χ3v) is 3.18. The zero-order valence-electron chi connectivity index (χ0n) is 10.1. The Morgan fingerprint density at radius 3 is 2.05 bits per heavy atom. The van der Waals surface area contributed by atoms with E-state index in [4.69, 9.17) is 0 Å². The molecule has 3 rings (SSSR count). The molecule has 0 heterocycles. The summed E-state index contributed by atoms with van der Waals surface area (Å²) in [5, 5.41) is 12.6. The quantitative estimate of drug-likeness (QED) is 0.498. The van der Waals surface area contributed by atoms with Crippen molar-refractivity contribution >= 4 is 16.5 Å². The summed E-state index contributed by atoms with van der Waals surface area (Å²) in [4.78, 5) is 10.7. The minimum Gasteiger partial charge on any atom is -0.258 e. The molecule has 0 aromatic heterocycles. The Morgan fingerprint density at radius 2 is 1.37 bits per heavy atom. The van der Waals surface area contributed by atoms with Crippen LogP contribution in [0.3, 0.4) is 0 Å². The summed E-state index contributed by atoms with van der Waals surface area (Å²) in [5.41, 5.74) is 2.23. The van der Waals surface area contributed by atoms with Crippen LogP contribution in [0.4, 0.5) is 5.69 Å². The van der Waals surface area contributed by atoms with Gasteiger partial charge >= 0.3 is 0 Å². The minimum absolute atomic E-state index is 0.148. The first-order chi connectivity index (χ1) is 9.27. The maximum Gasteiger partial charge on any atom is 0.277 e. The van der Waals surface area contributed by atoms with E-state index in [-0.39, 0.29) is 10.6 Å². The van der Waals surface area contributed by atoms with Gasteiger partial charge in [0.15, 0.2) is 0 Å². The second kappa shape index (κ2) is 4.53. The third kappa shape index (κ3) is 1.95. The number of nitro groups is 1. The van der Waals surface area contributed by atoms with Crippen LogP contribution in [0.25, 0.3) is 21.9 Å². The van der Waals surface area contributed by atoms with Gasteiger partial charge in [-0.1, -0.05) is 48.5 Å². The molecular formula is C16H11NO2. The predicted octanol–water partition coefficient (Wildman–Crippen LogP) is 4.42. The Labute approximate surface area is 110 Å². The van der Waals surface area contributed by atoms with Gasteiger partial charge in [-0.25, -0.2) is 0 Å². The van der Waals surface area contributed by atoms with Gasteiger partial charge in [-0.15, -0.1) is 0 Å². The van der Waals surface area contributed by atoms with Crippen molar-refractivity contribution in [3.8, 4) is 11.1 Å². The highest BCUT2D eigenvalue weighted by molar-refractivity contribution is 6.01. The van der Waals surface area contributed by atoms with Gasteiger partial charge in [0.05, 0.1) is 10.3 Å². The first-order valence-electron chi connectivity index (χ1n) is 5.99. The third-order valence-electron chi connectivity index (χ3n) is 3.18. The Balaban J connectivity index is 2.35. The monoisotopic (exact) mass is 249 g/mol. The standard InChI is InChI=1S/C16H11NO2/c18-17(19)16-11-10-13(12-6-2-1-3-7-12)14-8-4-5-9-15(14)16/h1-11H. The summed E-state index contributed by atoms with van der Waals surface area (Å²) in [7, 11) is 0. The van der Waals surface area contributed by atoms with Crippen molar-refractivity contribution in [3.63, 3.8) is 0 Å². The fraction of sp³-hybridized carbons (Fsp3) is 0. The van der Waals surface area contributed by atoms with Gasteiger partial charge in [-0.05, 0) is 28.6 Å². The van der Waals surface area contributed by atoms with Gasteiger partial charge in [0.2, 0.25) is 0 Å². The lowest BCUT2D eigenvalue weighted by Gasteiger charge is -2.07. The van der Waals surface area contributed by atoms with Gasteiger partial charge in [-0.3, -0.25) is 10.1 Å². The highest BCUT2D eigenvalue weighted by Crippen LogP contribution is 2.33. The van der Waals surface area contributed by atoms with E-state index in [9.17, 15) is 10.1 Å². The first kappa shape index (κ1) is 11.4. The Kier molecular flexibility index (Phi) is 2.72. The molecule has 92 valence electrons. The topological polar surface area (TPSA) is 43.1 Å². The number of hydrogen-bond acceptors (Lipinski definition) is 2. The van der Waals surface area contributed by atoms with Crippen molar-refractivity contribution in [2.45, 2.75) is 0 Å². The van der Waals surface area contributed by atoms with Gasteiger partial charge in [0.1, 0.15) is 0 Å². The molecule has 0 spiro atoms. The molecule has 0 unspecified atom stereocenters. The first-order valence-corrected chi connectivity index (χ1v) is 5.99. The minimum atomic E-state index is -0.336. The fourth-order valence-electron chi connectivity index (χ4n) is 2.31. The van der Waals surface area contributed by atoms with Gasteiger partial charge in [0.25, 0.3) is 5.69 Å². The summed E-state index contributed by atoms with van der Waals surface area (Å²) in [6, 6.07) is 20.7. The van der Waals surface area contributed by atoms with Crippen LogP contribution in [0.2, 0.25) is 0 Å². The van der Waals surface area contributed by atoms with Gasteiger partial charge in [0, 0.05) is 6.07 Å². The summed E-state index contributed by atoms with van der Waals surface area (Å²) < 4.78 is 0. The second-order valence-electron chi connectivity index (χ2n) is 4.30. The lowest BCUT2D eigenvalue weighted by atomic mass is 9.97. The summed E-state index contributed by atoms with van der Waals surface area (Å²) in [6.07, 6.45) is 0. The lowest BCUT2D eigenvalue weighted by Crippen LogP contribution is -1.90. The Bertz CT molecular complexity index is 751. The van der Waals surface area contributed by atoms with Crippen LogP contribution < -0.4 is 0 Å². The fourth-order valence-corrected chi connectivity index (χ4v) is 2.31. The van der Waals surface area contributed by atoms with Crippen LogP contribution in [-0.2, 0) is 0 Å².